The van der Waals surface area contributed by atoms with E-state index in [2.05, 4.69) is 44.4 Å². The highest BCUT2D eigenvalue weighted by Gasteiger charge is 2.33. The molecule has 0 unspecified atom stereocenters. The van der Waals surface area contributed by atoms with Crippen LogP contribution in [0.2, 0.25) is 0 Å². The van der Waals surface area contributed by atoms with E-state index in [0.717, 1.165) is 0 Å². The van der Waals surface area contributed by atoms with Gasteiger partial charge in [0.25, 0.3) is 0 Å². The average Bonchev–Trinajstić information content (AvgIpc) is 2.63. The van der Waals surface area contributed by atoms with E-state index in [-0.39, 0.29) is 28.4 Å². The SMILES string of the molecule is CC(C)N(CC#Cc1ccc(O)c2c1C(=O)c1ccccc1C2=O)C(C)C. The van der Waals surface area contributed by atoms with Gasteiger partial charge in [-0.05, 0) is 39.8 Å². The van der Waals surface area contributed by atoms with Crippen LogP contribution in [-0.2, 0) is 0 Å². The van der Waals surface area contributed by atoms with Crippen LogP contribution < -0.4 is 0 Å². The lowest BCUT2D eigenvalue weighted by Gasteiger charge is -2.28. The summed E-state index contributed by atoms with van der Waals surface area (Å²) >= 11 is 0. The van der Waals surface area contributed by atoms with Crippen molar-refractivity contribution in [3.63, 3.8) is 0 Å². The molecule has 1 aliphatic carbocycles. The fourth-order valence-electron chi connectivity index (χ4n) is 3.50. The lowest BCUT2D eigenvalue weighted by atomic mass is 9.81. The van der Waals surface area contributed by atoms with Crippen molar-refractivity contribution >= 4 is 11.6 Å². The molecule has 2 aromatic rings. The molecule has 0 amide bonds. The molecule has 1 aliphatic rings. The van der Waals surface area contributed by atoms with Crippen LogP contribution in [0.25, 0.3) is 0 Å². The van der Waals surface area contributed by atoms with Gasteiger partial charge in [-0.15, -0.1) is 0 Å². The Morgan fingerprint density at radius 1 is 0.889 bits per heavy atom. The van der Waals surface area contributed by atoms with E-state index in [4.69, 9.17) is 0 Å². The first-order chi connectivity index (χ1) is 12.8. The van der Waals surface area contributed by atoms with Crippen LogP contribution in [0.15, 0.2) is 36.4 Å². The highest BCUT2D eigenvalue weighted by molar-refractivity contribution is 6.30. The van der Waals surface area contributed by atoms with E-state index in [0.29, 0.717) is 35.3 Å². The summed E-state index contributed by atoms with van der Waals surface area (Å²) in [6.07, 6.45) is 0. The monoisotopic (exact) mass is 361 g/mol. The molecule has 0 aliphatic heterocycles. The summed E-state index contributed by atoms with van der Waals surface area (Å²) in [4.78, 5) is 28.1. The van der Waals surface area contributed by atoms with Crippen LogP contribution in [0, 0.1) is 11.8 Å². The molecule has 0 fully saturated rings. The van der Waals surface area contributed by atoms with Crippen LogP contribution in [0.4, 0.5) is 0 Å². The fraction of sp³-hybridized carbons (Fsp3) is 0.304. The molecule has 4 heteroatoms. The maximum atomic E-state index is 13.0. The second kappa shape index (κ2) is 7.38. The molecule has 0 saturated heterocycles. The zero-order valence-electron chi connectivity index (χ0n) is 16.0. The van der Waals surface area contributed by atoms with Crippen molar-refractivity contribution in [2.24, 2.45) is 0 Å². The lowest BCUT2D eigenvalue weighted by Crippen LogP contribution is -2.37. The van der Waals surface area contributed by atoms with E-state index in [1.807, 2.05) is 0 Å². The van der Waals surface area contributed by atoms with Crippen molar-refractivity contribution < 1.29 is 14.7 Å². The summed E-state index contributed by atoms with van der Waals surface area (Å²) < 4.78 is 0. The number of rotatable bonds is 3. The van der Waals surface area contributed by atoms with Crippen molar-refractivity contribution in [2.45, 2.75) is 39.8 Å². The Morgan fingerprint density at radius 3 is 2.00 bits per heavy atom. The first kappa shape index (κ1) is 18.9. The first-order valence-electron chi connectivity index (χ1n) is 9.12. The number of benzene rings is 2. The molecule has 27 heavy (non-hydrogen) atoms. The van der Waals surface area contributed by atoms with E-state index >= 15 is 0 Å². The number of carbonyl (C=O) groups excluding carboxylic acids is 2. The summed E-state index contributed by atoms with van der Waals surface area (Å²) in [7, 11) is 0. The second-order valence-electron chi connectivity index (χ2n) is 7.25. The van der Waals surface area contributed by atoms with Gasteiger partial charge in [-0.25, -0.2) is 0 Å². The number of phenolic OH excluding ortho intramolecular Hbond substituents is 1. The molecule has 0 atom stereocenters. The third-order valence-corrected chi connectivity index (χ3v) is 4.87. The number of fused-ring (bicyclic) bond motifs is 2. The Kier molecular flexibility index (Phi) is 5.16. The quantitative estimate of drug-likeness (QED) is 0.724. The van der Waals surface area contributed by atoms with Gasteiger partial charge in [0, 0.05) is 28.8 Å². The average molecular weight is 361 g/mol. The fourth-order valence-corrected chi connectivity index (χ4v) is 3.50. The Bertz CT molecular complexity index is 969. The Hall–Kier alpha value is -2.90. The van der Waals surface area contributed by atoms with Gasteiger partial charge >= 0.3 is 0 Å². The van der Waals surface area contributed by atoms with E-state index < -0.39 is 0 Å². The van der Waals surface area contributed by atoms with E-state index in [9.17, 15) is 14.7 Å². The Balaban J connectivity index is 2.06. The lowest BCUT2D eigenvalue weighted by molar-refractivity contribution is 0.0976. The smallest absolute Gasteiger partial charge is 0.198 e. The topological polar surface area (TPSA) is 57.6 Å². The number of hydrogen-bond acceptors (Lipinski definition) is 4. The van der Waals surface area contributed by atoms with Gasteiger partial charge in [-0.1, -0.05) is 36.1 Å². The number of carbonyl (C=O) groups is 2. The summed E-state index contributed by atoms with van der Waals surface area (Å²) in [5.41, 5.74) is 1.40. The molecule has 3 rings (SSSR count). The predicted molar refractivity (Wildman–Crippen MR) is 105 cm³/mol. The summed E-state index contributed by atoms with van der Waals surface area (Å²) in [6.45, 7) is 9.02. The van der Waals surface area contributed by atoms with Gasteiger partial charge in [0.2, 0.25) is 0 Å². The standard InChI is InChI=1S/C23H23NO3/c1-14(2)24(15(3)4)13-7-8-16-11-12-19(25)21-20(16)22(26)17-9-5-6-10-18(17)23(21)27/h5-6,9-12,14-15,25H,13H2,1-4H3. The number of aromatic hydroxyl groups is 1. The van der Waals surface area contributed by atoms with Crippen molar-refractivity contribution in [3.05, 3.63) is 64.2 Å². The second-order valence-corrected chi connectivity index (χ2v) is 7.25. The van der Waals surface area contributed by atoms with Gasteiger partial charge in [-0.3, -0.25) is 14.5 Å². The van der Waals surface area contributed by atoms with Crippen molar-refractivity contribution in [1.82, 2.24) is 4.90 Å². The first-order valence-corrected chi connectivity index (χ1v) is 9.12. The van der Waals surface area contributed by atoms with Gasteiger partial charge in [0.05, 0.1) is 17.7 Å². The normalized spacial score (nSPS) is 12.9. The number of phenols is 1. The highest BCUT2D eigenvalue weighted by atomic mass is 16.3. The maximum absolute atomic E-state index is 13.0. The summed E-state index contributed by atoms with van der Waals surface area (Å²) in [6, 6.07) is 10.4. The zero-order valence-corrected chi connectivity index (χ0v) is 16.0. The molecule has 2 aromatic carbocycles. The van der Waals surface area contributed by atoms with Gasteiger partial charge in [0.1, 0.15) is 5.75 Å². The van der Waals surface area contributed by atoms with Crippen LogP contribution >= 0.6 is 0 Å². The third-order valence-electron chi connectivity index (χ3n) is 4.87. The zero-order chi connectivity index (χ0) is 19.7. The minimum atomic E-state index is -0.340. The van der Waals surface area contributed by atoms with Crippen molar-refractivity contribution in [1.29, 1.82) is 0 Å². The molecule has 0 aromatic heterocycles. The van der Waals surface area contributed by atoms with Gasteiger partial charge in [-0.2, -0.15) is 0 Å². The highest BCUT2D eigenvalue weighted by Crippen LogP contribution is 2.34. The van der Waals surface area contributed by atoms with Crippen molar-refractivity contribution in [2.75, 3.05) is 6.54 Å². The molecular weight excluding hydrogens is 338 g/mol. The molecule has 0 saturated carbocycles. The van der Waals surface area contributed by atoms with Gasteiger partial charge < -0.3 is 5.11 Å². The molecule has 0 heterocycles. The Morgan fingerprint density at radius 2 is 1.44 bits per heavy atom. The molecule has 0 spiro atoms. The molecule has 1 N–H and O–H groups in total. The van der Waals surface area contributed by atoms with Crippen molar-refractivity contribution in [3.8, 4) is 17.6 Å². The predicted octanol–water partition coefficient (Wildman–Crippen LogP) is 3.64. The minimum Gasteiger partial charge on any atom is -0.507 e. The molecule has 138 valence electrons. The molecular formula is C23H23NO3. The largest absolute Gasteiger partial charge is 0.507 e. The van der Waals surface area contributed by atoms with E-state index in [1.165, 1.54) is 6.07 Å². The third kappa shape index (κ3) is 3.39. The van der Waals surface area contributed by atoms with Crippen LogP contribution in [-0.4, -0.2) is 40.2 Å². The van der Waals surface area contributed by atoms with E-state index in [1.54, 1.807) is 30.3 Å². The molecule has 0 bridgehead atoms. The number of hydrogen-bond donors (Lipinski definition) is 1. The van der Waals surface area contributed by atoms with Crippen LogP contribution in [0.1, 0.15) is 65.1 Å². The number of ketones is 2. The minimum absolute atomic E-state index is 0.0510. The van der Waals surface area contributed by atoms with Crippen LogP contribution in [0.5, 0.6) is 5.75 Å². The van der Waals surface area contributed by atoms with Gasteiger partial charge in [0.15, 0.2) is 11.6 Å². The van der Waals surface area contributed by atoms with Crippen LogP contribution in [0.3, 0.4) is 0 Å². The summed E-state index contributed by atoms with van der Waals surface area (Å²) in [5.74, 6) is 5.37. The number of nitrogens with zero attached hydrogens (tertiary/aromatic N) is 1. The summed E-state index contributed by atoms with van der Waals surface area (Å²) in [5, 5.41) is 10.2. The Labute approximate surface area is 159 Å². The molecule has 4 nitrogen and oxygen atoms in total. The molecule has 0 radical (unpaired) electrons. The maximum Gasteiger partial charge on any atom is 0.198 e.